The Morgan fingerprint density at radius 3 is 2.76 bits per heavy atom. The maximum Gasteiger partial charge on any atom is 0.225 e. The smallest absolute Gasteiger partial charge is 0.225 e. The lowest BCUT2D eigenvalue weighted by Gasteiger charge is -2.47. The molecule has 4 heterocycles. The van der Waals surface area contributed by atoms with Crippen molar-refractivity contribution in [3.63, 3.8) is 0 Å². The van der Waals surface area contributed by atoms with Crippen LogP contribution in [0.5, 0.6) is 0 Å². The lowest BCUT2D eigenvalue weighted by Crippen LogP contribution is -2.57. The van der Waals surface area contributed by atoms with E-state index in [4.69, 9.17) is 9.47 Å². The molecule has 1 aromatic heterocycles. The summed E-state index contributed by atoms with van der Waals surface area (Å²) < 4.78 is 11.6. The van der Waals surface area contributed by atoms with Crippen molar-refractivity contribution in [1.82, 2.24) is 14.8 Å². The van der Waals surface area contributed by atoms with Crippen molar-refractivity contribution >= 4 is 17.2 Å². The lowest BCUT2D eigenvalue weighted by molar-refractivity contribution is -0.155. The minimum atomic E-state index is -0.0814. The van der Waals surface area contributed by atoms with Gasteiger partial charge in [-0.25, -0.2) is 4.98 Å². The second-order valence-corrected chi connectivity index (χ2v) is 8.36. The van der Waals surface area contributed by atoms with E-state index in [1.54, 1.807) is 11.3 Å². The van der Waals surface area contributed by atoms with Gasteiger partial charge in [-0.2, -0.15) is 0 Å². The number of hydrogen-bond acceptors (Lipinski definition) is 6. The van der Waals surface area contributed by atoms with Crippen LogP contribution < -0.4 is 0 Å². The molecule has 3 aliphatic heterocycles. The van der Waals surface area contributed by atoms with Gasteiger partial charge in [0.05, 0.1) is 18.8 Å². The van der Waals surface area contributed by atoms with E-state index in [1.165, 1.54) is 5.01 Å². The molecule has 0 bridgehead atoms. The highest BCUT2D eigenvalue weighted by Crippen LogP contribution is 2.32. The molecule has 3 fully saturated rings. The second kappa shape index (κ2) is 7.70. The number of thiazole rings is 1. The third-order valence-corrected chi connectivity index (χ3v) is 6.49. The molecule has 0 aliphatic carbocycles. The highest BCUT2D eigenvalue weighted by Gasteiger charge is 2.41. The van der Waals surface area contributed by atoms with Crippen molar-refractivity contribution in [2.45, 2.75) is 37.8 Å². The fraction of sp³-hybridized carbons (Fsp3) is 0.778. The quantitative estimate of drug-likeness (QED) is 0.817. The van der Waals surface area contributed by atoms with Crippen LogP contribution in [0.25, 0.3) is 0 Å². The summed E-state index contributed by atoms with van der Waals surface area (Å²) in [5.74, 6) is 0.491. The van der Waals surface area contributed by atoms with Gasteiger partial charge in [0.25, 0.3) is 0 Å². The number of piperidine rings is 1. The predicted octanol–water partition coefficient (Wildman–Crippen LogP) is 1.76. The topological polar surface area (TPSA) is 54.9 Å². The van der Waals surface area contributed by atoms with Gasteiger partial charge in [-0.3, -0.25) is 9.69 Å². The number of hydrogen-bond donors (Lipinski definition) is 0. The van der Waals surface area contributed by atoms with E-state index in [9.17, 15) is 4.79 Å². The fourth-order valence-corrected chi connectivity index (χ4v) is 4.88. The van der Waals surface area contributed by atoms with Gasteiger partial charge in [-0.1, -0.05) is 0 Å². The van der Waals surface area contributed by atoms with Crippen molar-refractivity contribution in [3.05, 3.63) is 16.6 Å². The highest BCUT2D eigenvalue weighted by atomic mass is 32.1. The van der Waals surface area contributed by atoms with Crippen LogP contribution in [-0.2, 0) is 20.8 Å². The number of ether oxygens (including phenoxy) is 2. The molecule has 1 amide bonds. The summed E-state index contributed by atoms with van der Waals surface area (Å²) in [6.07, 6.45) is 5.50. The van der Waals surface area contributed by atoms with E-state index >= 15 is 0 Å². The summed E-state index contributed by atoms with van der Waals surface area (Å²) in [4.78, 5) is 21.6. The highest BCUT2D eigenvalue weighted by molar-refractivity contribution is 7.09. The maximum absolute atomic E-state index is 12.7. The van der Waals surface area contributed by atoms with Gasteiger partial charge in [0.2, 0.25) is 5.91 Å². The third kappa shape index (κ3) is 4.05. The summed E-state index contributed by atoms with van der Waals surface area (Å²) in [7, 11) is 0. The summed E-state index contributed by atoms with van der Waals surface area (Å²) in [5, 5.41) is 3.20. The van der Waals surface area contributed by atoms with Crippen molar-refractivity contribution in [1.29, 1.82) is 0 Å². The molecule has 138 valence electrons. The standard InChI is InChI=1S/C18H27N3O3S/c22-17(15-1-9-23-10-2-15)21-6-3-18(4-7-21)14-20(8-11-24-18)13-16-19-5-12-25-16/h5,12,15H,1-4,6-11,13-14H2. The minimum Gasteiger partial charge on any atom is -0.381 e. The molecular weight excluding hydrogens is 338 g/mol. The molecular formula is C18H27N3O3S. The number of aromatic nitrogens is 1. The van der Waals surface area contributed by atoms with Gasteiger partial charge in [0.1, 0.15) is 5.01 Å². The van der Waals surface area contributed by atoms with Crippen molar-refractivity contribution < 1.29 is 14.3 Å². The summed E-state index contributed by atoms with van der Waals surface area (Å²) in [6, 6.07) is 0. The second-order valence-electron chi connectivity index (χ2n) is 7.38. The molecule has 25 heavy (non-hydrogen) atoms. The molecule has 3 aliphatic rings. The minimum absolute atomic E-state index is 0.0814. The molecule has 3 saturated heterocycles. The Morgan fingerprint density at radius 2 is 2.04 bits per heavy atom. The van der Waals surface area contributed by atoms with Crippen LogP contribution >= 0.6 is 11.3 Å². The first-order valence-electron chi connectivity index (χ1n) is 9.35. The van der Waals surface area contributed by atoms with E-state index in [0.29, 0.717) is 5.91 Å². The van der Waals surface area contributed by atoms with Gasteiger partial charge < -0.3 is 14.4 Å². The number of carbonyl (C=O) groups is 1. The molecule has 0 saturated carbocycles. The first-order chi connectivity index (χ1) is 12.2. The zero-order valence-electron chi connectivity index (χ0n) is 14.7. The molecule has 0 atom stereocenters. The number of rotatable bonds is 3. The first-order valence-corrected chi connectivity index (χ1v) is 10.2. The van der Waals surface area contributed by atoms with Gasteiger partial charge >= 0.3 is 0 Å². The Kier molecular flexibility index (Phi) is 5.36. The van der Waals surface area contributed by atoms with E-state index in [0.717, 1.165) is 78.2 Å². The van der Waals surface area contributed by atoms with Crippen molar-refractivity contribution in [2.75, 3.05) is 46.0 Å². The number of amides is 1. The zero-order valence-corrected chi connectivity index (χ0v) is 15.5. The molecule has 4 rings (SSSR count). The third-order valence-electron chi connectivity index (χ3n) is 5.73. The average molecular weight is 365 g/mol. The maximum atomic E-state index is 12.7. The van der Waals surface area contributed by atoms with E-state index in [1.807, 2.05) is 11.6 Å². The van der Waals surface area contributed by atoms with Crippen LogP contribution in [-0.4, -0.2) is 72.3 Å². The molecule has 1 spiro atoms. The fourth-order valence-electron chi connectivity index (χ4n) is 4.22. The monoisotopic (exact) mass is 365 g/mol. The Morgan fingerprint density at radius 1 is 1.24 bits per heavy atom. The Labute approximate surface area is 153 Å². The van der Waals surface area contributed by atoms with Gasteiger partial charge in [-0.15, -0.1) is 11.3 Å². The summed E-state index contributed by atoms with van der Waals surface area (Å²) in [6.45, 7) is 6.69. The Bertz CT molecular complexity index is 566. The number of morpholine rings is 1. The van der Waals surface area contributed by atoms with Gasteiger partial charge in [0.15, 0.2) is 0 Å². The van der Waals surface area contributed by atoms with E-state index in [2.05, 4.69) is 14.8 Å². The van der Waals surface area contributed by atoms with Gasteiger partial charge in [-0.05, 0) is 25.7 Å². The van der Waals surface area contributed by atoms with Crippen molar-refractivity contribution in [3.8, 4) is 0 Å². The summed E-state index contributed by atoms with van der Waals surface area (Å²) in [5.41, 5.74) is -0.0814. The van der Waals surface area contributed by atoms with Crippen LogP contribution in [0.1, 0.15) is 30.7 Å². The Balaban J connectivity index is 1.31. The van der Waals surface area contributed by atoms with Crippen LogP contribution in [0.15, 0.2) is 11.6 Å². The average Bonchev–Trinajstić information content (AvgIpc) is 3.16. The molecule has 6 nitrogen and oxygen atoms in total. The van der Waals surface area contributed by atoms with Crippen LogP contribution in [0, 0.1) is 5.92 Å². The van der Waals surface area contributed by atoms with Crippen LogP contribution in [0.4, 0.5) is 0 Å². The largest absolute Gasteiger partial charge is 0.381 e. The number of nitrogens with zero attached hydrogens (tertiary/aromatic N) is 3. The van der Waals surface area contributed by atoms with Crippen LogP contribution in [0.3, 0.4) is 0 Å². The molecule has 0 unspecified atom stereocenters. The first kappa shape index (κ1) is 17.4. The van der Waals surface area contributed by atoms with Crippen LogP contribution in [0.2, 0.25) is 0 Å². The Hall–Kier alpha value is -1.02. The predicted molar refractivity (Wildman–Crippen MR) is 95.4 cm³/mol. The number of likely N-dealkylation sites (tertiary alicyclic amines) is 1. The number of carbonyl (C=O) groups excluding carboxylic acids is 1. The molecule has 0 radical (unpaired) electrons. The SMILES string of the molecule is O=C(C1CCOCC1)N1CCC2(CC1)CN(Cc1nccs1)CCO2. The molecule has 7 heteroatoms. The zero-order chi connectivity index (χ0) is 17.1. The van der Waals surface area contributed by atoms with Crippen molar-refractivity contribution in [2.24, 2.45) is 5.92 Å². The van der Waals surface area contributed by atoms with E-state index < -0.39 is 0 Å². The lowest BCUT2D eigenvalue weighted by atomic mass is 9.88. The summed E-state index contributed by atoms with van der Waals surface area (Å²) >= 11 is 1.72. The molecule has 0 N–H and O–H groups in total. The molecule has 0 aromatic carbocycles. The van der Waals surface area contributed by atoms with Gasteiger partial charge in [0, 0.05) is 56.9 Å². The molecule has 1 aromatic rings. The normalized spacial score (nSPS) is 25.4. The van der Waals surface area contributed by atoms with E-state index in [-0.39, 0.29) is 11.5 Å².